The Morgan fingerprint density at radius 3 is 2.75 bits per heavy atom. The van der Waals surface area contributed by atoms with Gasteiger partial charge in [0.15, 0.2) is 5.82 Å². The molecule has 2 bridgehead atoms. The summed E-state index contributed by atoms with van der Waals surface area (Å²) in [4.78, 5) is 29.1. The minimum Gasteiger partial charge on any atom is -0.353 e. The van der Waals surface area contributed by atoms with Crippen LogP contribution in [0.2, 0.25) is 0 Å². The molecule has 1 amide bonds. The van der Waals surface area contributed by atoms with Crippen molar-refractivity contribution in [1.29, 1.82) is 0 Å². The molecular formula is C17H18FN5O. The van der Waals surface area contributed by atoms with Crippen molar-refractivity contribution in [3.63, 3.8) is 0 Å². The lowest BCUT2D eigenvalue weighted by Gasteiger charge is -2.36. The van der Waals surface area contributed by atoms with Crippen LogP contribution in [-0.2, 0) is 0 Å². The third kappa shape index (κ3) is 2.70. The lowest BCUT2D eigenvalue weighted by atomic mass is 9.94. The minimum absolute atomic E-state index is 0.0609. The fraction of sp³-hybridized carbons (Fsp3) is 0.412. The molecule has 124 valence electrons. The number of hydrogen-bond donors (Lipinski definition) is 0. The van der Waals surface area contributed by atoms with Crippen LogP contribution in [0.15, 0.2) is 37.1 Å². The van der Waals surface area contributed by atoms with Crippen molar-refractivity contribution >= 4 is 11.7 Å². The number of piperidine rings is 1. The maximum Gasteiger partial charge on any atom is 0.257 e. The summed E-state index contributed by atoms with van der Waals surface area (Å²) in [6, 6.07) is 1.52. The van der Waals surface area contributed by atoms with Crippen LogP contribution in [0.1, 0.15) is 23.2 Å². The fourth-order valence-corrected chi connectivity index (χ4v) is 3.68. The highest BCUT2D eigenvalue weighted by Crippen LogP contribution is 2.31. The van der Waals surface area contributed by atoms with Crippen LogP contribution in [0.25, 0.3) is 0 Å². The molecule has 2 aromatic heterocycles. The van der Waals surface area contributed by atoms with Crippen molar-refractivity contribution in [3.8, 4) is 0 Å². The minimum atomic E-state index is -0.562. The molecule has 6 nitrogen and oxygen atoms in total. The predicted molar refractivity (Wildman–Crippen MR) is 86.0 cm³/mol. The molecular weight excluding hydrogens is 309 g/mol. The van der Waals surface area contributed by atoms with E-state index < -0.39 is 5.82 Å². The Bertz CT molecular complexity index is 741. The van der Waals surface area contributed by atoms with Gasteiger partial charge >= 0.3 is 0 Å². The molecule has 5 rings (SSSR count). The molecule has 24 heavy (non-hydrogen) atoms. The topological polar surface area (TPSA) is 62.2 Å². The van der Waals surface area contributed by atoms with Crippen LogP contribution < -0.4 is 4.90 Å². The summed E-state index contributed by atoms with van der Waals surface area (Å²) >= 11 is 0. The number of rotatable bonds is 2. The first-order chi connectivity index (χ1) is 11.7. The van der Waals surface area contributed by atoms with Crippen LogP contribution in [0, 0.1) is 11.7 Å². The predicted octanol–water partition coefficient (Wildman–Crippen LogP) is 1.75. The zero-order valence-corrected chi connectivity index (χ0v) is 13.2. The number of carbonyl (C=O) groups is 1. The highest BCUT2D eigenvalue weighted by molar-refractivity contribution is 5.94. The zero-order valence-electron chi connectivity index (χ0n) is 13.2. The second kappa shape index (κ2) is 6.14. The van der Waals surface area contributed by atoms with Gasteiger partial charge in [-0.1, -0.05) is 0 Å². The first-order valence-corrected chi connectivity index (χ1v) is 8.14. The Morgan fingerprint density at radius 1 is 1.08 bits per heavy atom. The summed E-state index contributed by atoms with van der Waals surface area (Å²) in [7, 11) is 0. The summed E-state index contributed by atoms with van der Waals surface area (Å²) < 4.78 is 13.9. The molecule has 7 heteroatoms. The smallest absolute Gasteiger partial charge is 0.257 e. The third-order valence-electron chi connectivity index (χ3n) is 4.85. The number of nitrogens with zero attached hydrogens (tertiary/aromatic N) is 5. The van der Waals surface area contributed by atoms with Crippen molar-refractivity contribution < 1.29 is 9.18 Å². The maximum atomic E-state index is 13.9. The first-order valence-electron chi connectivity index (χ1n) is 8.14. The van der Waals surface area contributed by atoms with Gasteiger partial charge in [0, 0.05) is 44.3 Å². The molecule has 0 unspecified atom stereocenters. The monoisotopic (exact) mass is 327 g/mol. The molecule has 0 aliphatic carbocycles. The summed E-state index contributed by atoms with van der Waals surface area (Å²) in [5.41, 5.74) is 0.101. The van der Waals surface area contributed by atoms with Crippen molar-refractivity contribution in [3.05, 3.63) is 48.4 Å². The van der Waals surface area contributed by atoms with E-state index in [2.05, 4.69) is 19.9 Å². The van der Waals surface area contributed by atoms with E-state index in [0.717, 1.165) is 31.4 Å². The molecule has 3 aliphatic heterocycles. The molecule has 0 aromatic carbocycles. The van der Waals surface area contributed by atoms with Crippen molar-refractivity contribution in [2.75, 3.05) is 24.5 Å². The normalized spacial score (nSPS) is 23.2. The highest BCUT2D eigenvalue weighted by atomic mass is 19.1. The SMILES string of the molecule is O=C(c1ccncc1F)N1C[C@H]2CC[C@@H]1CN(c1cnccn1)C2. The molecule has 0 radical (unpaired) electrons. The van der Waals surface area contributed by atoms with E-state index in [1.807, 2.05) is 4.90 Å². The zero-order chi connectivity index (χ0) is 16.5. The Balaban J connectivity index is 1.59. The van der Waals surface area contributed by atoms with Gasteiger partial charge in [0.1, 0.15) is 5.82 Å². The number of halogens is 1. The summed E-state index contributed by atoms with van der Waals surface area (Å²) in [6.45, 7) is 2.20. The summed E-state index contributed by atoms with van der Waals surface area (Å²) in [6.07, 6.45) is 9.63. The number of pyridine rings is 1. The maximum absolute atomic E-state index is 13.9. The molecule has 2 aromatic rings. The van der Waals surface area contributed by atoms with Gasteiger partial charge in [-0.2, -0.15) is 0 Å². The van der Waals surface area contributed by atoms with Crippen molar-refractivity contribution in [1.82, 2.24) is 19.9 Å². The summed E-state index contributed by atoms with van der Waals surface area (Å²) in [5.74, 6) is 0.386. The van der Waals surface area contributed by atoms with E-state index in [1.54, 1.807) is 18.6 Å². The van der Waals surface area contributed by atoms with Crippen LogP contribution in [0.4, 0.5) is 10.2 Å². The van der Waals surface area contributed by atoms with Crippen molar-refractivity contribution in [2.24, 2.45) is 5.92 Å². The third-order valence-corrected chi connectivity index (χ3v) is 4.85. The van der Waals surface area contributed by atoms with Gasteiger partial charge in [-0.3, -0.25) is 14.8 Å². The number of anilines is 1. The second-order valence-corrected chi connectivity index (χ2v) is 6.38. The van der Waals surface area contributed by atoms with Gasteiger partial charge in [0.05, 0.1) is 18.0 Å². The fourth-order valence-electron chi connectivity index (χ4n) is 3.68. The van der Waals surface area contributed by atoms with Gasteiger partial charge < -0.3 is 9.80 Å². The van der Waals surface area contributed by atoms with Crippen LogP contribution in [0.3, 0.4) is 0 Å². The largest absolute Gasteiger partial charge is 0.353 e. The lowest BCUT2D eigenvalue weighted by molar-refractivity contribution is 0.0587. The highest BCUT2D eigenvalue weighted by Gasteiger charge is 2.38. The van der Waals surface area contributed by atoms with Gasteiger partial charge in [0.2, 0.25) is 0 Å². The number of amides is 1. The summed E-state index contributed by atoms with van der Waals surface area (Å²) in [5, 5.41) is 0. The first kappa shape index (κ1) is 15.0. The van der Waals surface area contributed by atoms with E-state index in [1.165, 1.54) is 12.3 Å². The average Bonchev–Trinajstić information content (AvgIpc) is 2.94. The number of fused-ring (bicyclic) bond motifs is 4. The van der Waals surface area contributed by atoms with Gasteiger partial charge in [-0.15, -0.1) is 0 Å². The number of carbonyl (C=O) groups excluding carboxylic acids is 1. The molecule has 0 spiro atoms. The van der Waals surface area contributed by atoms with E-state index in [4.69, 9.17) is 0 Å². The van der Waals surface area contributed by atoms with E-state index in [9.17, 15) is 9.18 Å². The van der Waals surface area contributed by atoms with Gasteiger partial charge in [0.25, 0.3) is 5.91 Å². The standard InChI is InChI=1S/C17H18FN5O/c18-15-7-19-4-3-14(15)17(24)23-10-12-1-2-13(23)11-22(9-12)16-8-20-5-6-21-16/h3-8,12-13H,1-2,9-11H2/t12-,13+/m0/s1. The Labute approximate surface area is 139 Å². The Morgan fingerprint density at radius 2 is 1.96 bits per heavy atom. The molecule has 5 heterocycles. The van der Waals surface area contributed by atoms with Gasteiger partial charge in [-0.05, 0) is 24.8 Å². The molecule has 3 fully saturated rings. The van der Waals surface area contributed by atoms with Crippen molar-refractivity contribution in [2.45, 2.75) is 18.9 Å². The lowest BCUT2D eigenvalue weighted by Crippen LogP contribution is -2.47. The van der Waals surface area contributed by atoms with E-state index >= 15 is 0 Å². The second-order valence-electron chi connectivity index (χ2n) is 6.38. The van der Waals surface area contributed by atoms with E-state index in [0.29, 0.717) is 19.0 Å². The Hall–Kier alpha value is -2.57. The molecule has 3 saturated heterocycles. The van der Waals surface area contributed by atoms with Gasteiger partial charge in [-0.25, -0.2) is 9.37 Å². The average molecular weight is 327 g/mol. The van der Waals surface area contributed by atoms with Crippen LogP contribution >= 0.6 is 0 Å². The van der Waals surface area contributed by atoms with E-state index in [-0.39, 0.29) is 17.5 Å². The number of aromatic nitrogens is 3. The number of hydrogen-bond acceptors (Lipinski definition) is 5. The molecule has 0 saturated carbocycles. The molecule has 3 aliphatic rings. The quantitative estimate of drug-likeness (QED) is 0.841. The van der Waals surface area contributed by atoms with Crippen LogP contribution in [-0.4, -0.2) is 51.4 Å². The molecule has 0 N–H and O–H groups in total. The Kier molecular flexibility index (Phi) is 3.84. The molecule has 2 atom stereocenters. The van der Waals surface area contributed by atoms with Crippen LogP contribution in [0.5, 0.6) is 0 Å².